The van der Waals surface area contributed by atoms with Gasteiger partial charge in [-0.05, 0) is 32.1 Å². The van der Waals surface area contributed by atoms with Gasteiger partial charge in [0.05, 0.1) is 18.2 Å². The third kappa shape index (κ3) is 3.90. The minimum atomic E-state index is -0.427. The predicted octanol–water partition coefficient (Wildman–Crippen LogP) is 2.61. The van der Waals surface area contributed by atoms with Crippen molar-refractivity contribution in [1.29, 1.82) is 0 Å². The van der Waals surface area contributed by atoms with E-state index in [0.29, 0.717) is 35.3 Å². The van der Waals surface area contributed by atoms with Crippen LogP contribution in [-0.4, -0.2) is 24.3 Å². The first-order valence-corrected chi connectivity index (χ1v) is 7.77. The molecule has 1 aromatic rings. The van der Waals surface area contributed by atoms with Gasteiger partial charge in [0.15, 0.2) is 5.11 Å². The topological polar surface area (TPSA) is 59.6 Å². The summed E-state index contributed by atoms with van der Waals surface area (Å²) in [5.74, 6) is 0.292. The normalized spacial score (nSPS) is 17.1. The number of hydrogen-bond acceptors (Lipinski definition) is 4. The lowest BCUT2D eigenvalue weighted by molar-refractivity contribution is -0.139. The third-order valence-corrected chi connectivity index (χ3v) is 3.57. The highest BCUT2D eigenvalue weighted by Crippen LogP contribution is 2.33. The Labute approximate surface area is 141 Å². The van der Waals surface area contributed by atoms with E-state index in [-0.39, 0.29) is 5.97 Å². The monoisotopic (exact) mass is 332 g/mol. The number of allylic oxidation sites excluding steroid dienone is 1. The van der Waals surface area contributed by atoms with Crippen LogP contribution in [0.15, 0.2) is 48.2 Å². The van der Waals surface area contributed by atoms with E-state index in [9.17, 15) is 4.79 Å². The molecule has 122 valence electrons. The lowest BCUT2D eigenvalue weighted by atomic mass is 9.95. The Balaban J connectivity index is 2.46. The Morgan fingerprint density at radius 1 is 1.43 bits per heavy atom. The zero-order chi connectivity index (χ0) is 16.8. The predicted molar refractivity (Wildman–Crippen MR) is 93.1 cm³/mol. The van der Waals surface area contributed by atoms with Crippen LogP contribution in [0.3, 0.4) is 0 Å². The summed E-state index contributed by atoms with van der Waals surface area (Å²) < 4.78 is 10.9. The summed E-state index contributed by atoms with van der Waals surface area (Å²) in [6, 6.07) is 7.09. The van der Waals surface area contributed by atoms with Crippen molar-refractivity contribution >= 4 is 23.3 Å². The molecule has 0 bridgehead atoms. The van der Waals surface area contributed by atoms with Crippen LogP contribution in [0.25, 0.3) is 0 Å². The van der Waals surface area contributed by atoms with Crippen molar-refractivity contribution in [3.05, 3.63) is 53.8 Å². The second kappa shape index (κ2) is 7.78. The minimum absolute atomic E-state index is 0.307. The zero-order valence-electron chi connectivity index (χ0n) is 13.2. The van der Waals surface area contributed by atoms with Gasteiger partial charge in [0, 0.05) is 11.3 Å². The molecular weight excluding hydrogens is 312 g/mol. The average molecular weight is 332 g/mol. The summed E-state index contributed by atoms with van der Waals surface area (Å²) in [6.07, 6.45) is 1.67. The maximum atomic E-state index is 12.4. The number of thiocarbonyl (C=S) groups is 1. The highest BCUT2D eigenvalue weighted by molar-refractivity contribution is 7.80. The van der Waals surface area contributed by atoms with Crippen LogP contribution in [0.2, 0.25) is 0 Å². The van der Waals surface area contributed by atoms with Crippen LogP contribution in [0.4, 0.5) is 0 Å². The maximum absolute atomic E-state index is 12.4. The summed E-state index contributed by atoms with van der Waals surface area (Å²) in [7, 11) is 0. The van der Waals surface area contributed by atoms with Crippen LogP contribution in [0.1, 0.15) is 25.5 Å². The van der Waals surface area contributed by atoms with Gasteiger partial charge in [-0.25, -0.2) is 4.79 Å². The largest absolute Gasteiger partial charge is 0.489 e. The fourth-order valence-electron chi connectivity index (χ4n) is 2.41. The van der Waals surface area contributed by atoms with E-state index in [1.165, 1.54) is 0 Å². The second-order valence-corrected chi connectivity index (χ2v) is 5.34. The van der Waals surface area contributed by atoms with Crippen LogP contribution in [0.5, 0.6) is 5.75 Å². The van der Waals surface area contributed by atoms with Crippen molar-refractivity contribution < 1.29 is 14.3 Å². The maximum Gasteiger partial charge on any atom is 0.338 e. The molecule has 0 aromatic heterocycles. The van der Waals surface area contributed by atoms with Crippen molar-refractivity contribution in [1.82, 2.24) is 10.6 Å². The van der Waals surface area contributed by atoms with Gasteiger partial charge in [0.2, 0.25) is 0 Å². The number of benzene rings is 1. The molecule has 6 heteroatoms. The van der Waals surface area contributed by atoms with E-state index in [1.54, 1.807) is 19.9 Å². The Morgan fingerprint density at radius 3 is 2.87 bits per heavy atom. The van der Waals surface area contributed by atoms with E-state index >= 15 is 0 Å². The van der Waals surface area contributed by atoms with Crippen molar-refractivity contribution in [3.8, 4) is 5.75 Å². The molecule has 5 nitrogen and oxygen atoms in total. The number of esters is 1. The molecule has 1 aliphatic heterocycles. The Kier molecular flexibility index (Phi) is 5.76. The number of para-hydroxylation sites is 1. The third-order valence-electron chi connectivity index (χ3n) is 3.35. The van der Waals surface area contributed by atoms with Crippen LogP contribution in [0, 0.1) is 0 Å². The highest BCUT2D eigenvalue weighted by Gasteiger charge is 2.32. The van der Waals surface area contributed by atoms with Crippen molar-refractivity contribution in [3.63, 3.8) is 0 Å². The molecule has 1 unspecified atom stereocenters. The zero-order valence-corrected chi connectivity index (χ0v) is 14.0. The van der Waals surface area contributed by atoms with Crippen molar-refractivity contribution in [2.45, 2.75) is 19.9 Å². The molecule has 0 amide bonds. The first-order chi connectivity index (χ1) is 11.1. The molecule has 2 rings (SSSR count). The van der Waals surface area contributed by atoms with Crippen LogP contribution >= 0.6 is 12.2 Å². The van der Waals surface area contributed by atoms with Gasteiger partial charge in [0.1, 0.15) is 12.4 Å². The Bertz CT molecular complexity index is 655. The minimum Gasteiger partial charge on any atom is -0.489 e. The fraction of sp³-hybridized carbons (Fsp3) is 0.294. The van der Waals surface area contributed by atoms with Crippen LogP contribution in [-0.2, 0) is 9.53 Å². The summed E-state index contributed by atoms with van der Waals surface area (Å²) in [5, 5.41) is 6.56. The Morgan fingerprint density at radius 2 is 2.17 bits per heavy atom. The van der Waals surface area contributed by atoms with E-state index in [0.717, 1.165) is 5.56 Å². The number of nitrogens with one attached hydrogen (secondary N) is 2. The SMILES string of the molecule is C=CCOc1ccccc1C1NC(=S)NC(C)=C1C(=O)OCC. The van der Waals surface area contributed by atoms with Gasteiger partial charge < -0.3 is 20.1 Å². The number of carbonyl (C=O) groups excluding carboxylic acids is 1. The molecule has 23 heavy (non-hydrogen) atoms. The molecule has 1 aromatic carbocycles. The molecule has 1 aliphatic rings. The molecule has 0 fully saturated rings. The van der Waals surface area contributed by atoms with Gasteiger partial charge in [0.25, 0.3) is 0 Å². The molecule has 0 saturated carbocycles. The highest BCUT2D eigenvalue weighted by atomic mass is 32.1. The molecule has 0 spiro atoms. The molecule has 1 heterocycles. The smallest absolute Gasteiger partial charge is 0.338 e. The van der Waals surface area contributed by atoms with Crippen molar-refractivity contribution in [2.24, 2.45) is 0 Å². The summed E-state index contributed by atoms with van der Waals surface area (Å²) in [4.78, 5) is 12.4. The van der Waals surface area contributed by atoms with Gasteiger partial charge in [-0.15, -0.1) is 0 Å². The number of ether oxygens (including phenoxy) is 2. The van der Waals surface area contributed by atoms with Crippen molar-refractivity contribution in [2.75, 3.05) is 13.2 Å². The summed E-state index contributed by atoms with van der Waals surface area (Å²) in [6.45, 7) is 7.92. The second-order valence-electron chi connectivity index (χ2n) is 4.93. The van der Waals surface area contributed by atoms with Gasteiger partial charge in [-0.3, -0.25) is 0 Å². The molecule has 1 atom stereocenters. The van der Waals surface area contributed by atoms with E-state index < -0.39 is 6.04 Å². The standard InChI is InChI=1S/C17H20N2O3S/c1-4-10-22-13-9-7-6-8-12(13)15-14(16(20)21-5-2)11(3)18-17(23)19-15/h4,6-9,15H,1,5,10H2,2-3H3,(H2,18,19,23). The molecule has 0 saturated heterocycles. The summed E-state index contributed by atoms with van der Waals surface area (Å²) in [5.41, 5.74) is 1.99. The lowest BCUT2D eigenvalue weighted by Gasteiger charge is -2.30. The fourth-order valence-corrected chi connectivity index (χ4v) is 2.68. The van der Waals surface area contributed by atoms with E-state index in [4.69, 9.17) is 21.7 Å². The van der Waals surface area contributed by atoms with Gasteiger partial charge in [-0.2, -0.15) is 0 Å². The first-order valence-electron chi connectivity index (χ1n) is 7.36. The molecule has 2 N–H and O–H groups in total. The van der Waals surface area contributed by atoms with Gasteiger partial charge in [-0.1, -0.05) is 30.9 Å². The molecular formula is C17H20N2O3S. The molecule has 0 radical (unpaired) electrons. The quantitative estimate of drug-likeness (QED) is 0.474. The Hall–Kier alpha value is -2.34. The van der Waals surface area contributed by atoms with E-state index in [2.05, 4.69) is 17.2 Å². The first kappa shape index (κ1) is 17.0. The average Bonchev–Trinajstić information content (AvgIpc) is 2.52. The van der Waals surface area contributed by atoms with Gasteiger partial charge >= 0.3 is 5.97 Å². The number of hydrogen-bond donors (Lipinski definition) is 2. The number of carbonyl (C=O) groups is 1. The van der Waals surface area contributed by atoms with Crippen LogP contribution < -0.4 is 15.4 Å². The summed E-state index contributed by atoms with van der Waals surface area (Å²) >= 11 is 5.23. The number of rotatable bonds is 6. The molecule has 0 aliphatic carbocycles. The van der Waals surface area contributed by atoms with E-state index in [1.807, 2.05) is 24.3 Å². The lowest BCUT2D eigenvalue weighted by Crippen LogP contribution is -2.45.